The van der Waals surface area contributed by atoms with E-state index in [1.54, 1.807) is 12.1 Å². The maximum atomic E-state index is 13.3. The number of aliphatic carboxylic acids is 1. The van der Waals surface area contributed by atoms with E-state index >= 15 is 0 Å². The Morgan fingerprint density at radius 1 is 1.24 bits per heavy atom. The summed E-state index contributed by atoms with van der Waals surface area (Å²) in [5.41, 5.74) is -0.549. The molecule has 1 saturated heterocycles. The topological polar surface area (TPSA) is 160 Å². The predicted molar refractivity (Wildman–Crippen MR) is 129 cm³/mol. The van der Waals surface area contributed by atoms with Crippen LogP contribution in [0.4, 0.5) is 0 Å². The molecule has 1 aromatic rings. The summed E-state index contributed by atoms with van der Waals surface area (Å²) < 4.78 is 16.8. The van der Waals surface area contributed by atoms with Crippen LogP contribution in [0.2, 0.25) is 0 Å². The van der Waals surface area contributed by atoms with Crippen LogP contribution in [0.3, 0.4) is 0 Å². The second kappa shape index (κ2) is 9.09. The van der Waals surface area contributed by atoms with Crippen LogP contribution in [-0.2, 0) is 40.5 Å². The highest BCUT2D eigenvalue weighted by atomic mass is 16.6. The van der Waals surface area contributed by atoms with Crippen LogP contribution in [0.25, 0.3) is 0 Å². The highest BCUT2D eigenvalue weighted by Crippen LogP contribution is 2.65. The Hall–Kier alpha value is -3.44. The molecule has 1 fully saturated rings. The number of hydrogen-bond donors (Lipinski definition) is 3. The lowest BCUT2D eigenvalue weighted by molar-refractivity contribution is -0.171. The number of aromatic hydroxyl groups is 1. The van der Waals surface area contributed by atoms with Crippen LogP contribution in [0.15, 0.2) is 24.0 Å². The molecule has 1 aromatic carbocycles. The molecule has 2 aliphatic carbocycles. The van der Waals surface area contributed by atoms with Crippen molar-refractivity contribution in [3.05, 3.63) is 35.1 Å². The number of benzene rings is 1. The molecular formula is C27H31NO10. The molecule has 2 aliphatic heterocycles. The first kappa shape index (κ1) is 26.2. The van der Waals surface area contributed by atoms with Crippen molar-refractivity contribution in [2.45, 2.75) is 75.2 Å². The van der Waals surface area contributed by atoms with Crippen LogP contribution in [-0.4, -0.2) is 81.4 Å². The van der Waals surface area contributed by atoms with Gasteiger partial charge in [0.15, 0.2) is 29.5 Å². The van der Waals surface area contributed by atoms with Gasteiger partial charge in [0.25, 0.3) is 0 Å². The SMILES string of the molecule is CC(=O)O[C@@H](C)C(=O)C[C@@H](CC(=O)O)C(=O)OC1=CC[C@@]2(O)[C@H]3Cc4ccc(O)c5c4[C@@]2(CCN3C)[C@H]1O5. The van der Waals surface area contributed by atoms with Crippen molar-refractivity contribution >= 4 is 23.7 Å². The van der Waals surface area contributed by atoms with Crippen molar-refractivity contribution in [3.8, 4) is 11.5 Å². The van der Waals surface area contributed by atoms with Gasteiger partial charge in [-0.05, 0) is 51.1 Å². The Morgan fingerprint density at radius 3 is 2.66 bits per heavy atom. The fraction of sp³-hybridized carbons (Fsp3) is 0.556. The summed E-state index contributed by atoms with van der Waals surface area (Å²) in [5, 5.41) is 32.2. The molecule has 11 heteroatoms. The number of carbonyl (C=O) groups excluding carboxylic acids is 3. The number of carbonyl (C=O) groups is 4. The van der Waals surface area contributed by atoms with Gasteiger partial charge in [-0.2, -0.15) is 0 Å². The number of carboxylic acids is 1. The van der Waals surface area contributed by atoms with Gasteiger partial charge in [0.1, 0.15) is 5.76 Å². The number of phenols is 1. The van der Waals surface area contributed by atoms with Gasteiger partial charge in [-0.15, -0.1) is 0 Å². The molecule has 0 radical (unpaired) electrons. The average Bonchev–Trinajstić information content (AvgIpc) is 3.19. The molecule has 38 heavy (non-hydrogen) atoms. The monoisotopic (exact) mass is 529 g/mol. The molecule has 0 unspecified atom stereocenters. The van der Waals surface area contributed by atoms with Gasteiger partial charge in [0.05, 0.1) is 23.4 Å². The van der Waals surface area contributed by atoms with Crippen LogP contribution in [0, 0.1) is 5.92 Å². The van der Waals surface area contributed by atoms with E-state index in [1.165, 1.54) is 6.92 Å². The van der Waals surface area contributed by atoms with Crippen molar-refractivity contribution in [1.82, 2.24) is 4.90 Å². The number of aliphatic hydroxyl groups is 1. The highest BCUT2D eigenvalue weighted by molar-refractivity contribution is 5.90. The number of likely N-dealkylation sites (tertiary alicyclic amines) is 1. The van der Waals surface area contributed by atoms with Crippen molar-refractivity contribution in [2.24, 2.45) is 5.92 Å². The van der Waals surface area contributed by atoms with Gasteiger partial charge < -0.3 is 34.4 Å². The molecule has 5 rings (SSSR count). The molecule has 2 bridgehead atoms. The summed E-state index contributed by atoms with van der Waals surface area (Å²) in [4.78, 5) is 50.6. The summed E-state index contributed by atoms with van der Waals surface area (Å²) in [6.07, 6.45) is -0.436. The van der Waals surface area contributed by atoms with Gasteiger partial charge >= 0.3 is 17.9 Å². The number of hydrogen-bond acceptors (Lipinski definition) is 10. The van der Waals surface area contributed by atoms with Crippen LogP contribution < -0.4 is 4.74 Å². The van der Waals surface area contributed by atoms with E-state index in [2.05, 4.69) is 4.90 Å². The van der Waals surface area contributed by atoms with Crippen molar-refractivity contribution in [2.75, 3.05) is 13.6 Å². The molecule has 204 valence electrons. The van der Waals surface area contributed by atoms with Crippen LogP contribution >= 0.6 is 0 Å². The van der Waals surface area contributed by atoms with E-state index in [-0.39, 0.29) is 29.7 Å². The number of phenolic OH excluding ortho intramolecular Hbond substituents is 1. The fourth-order valence-corrected chi connectivity index (χ4v) is 6.81. The molecular weight excluding hydrogens is 498 g/mol. The van der Waals surface area contributed by atoms with Gasteiger partial charge in [-0.25, -0.2) is 0 Å². The molecule has 4 aliphatic rings. The molecule has 11 nitrogen and oxygen atoms in total. The number of piperidine rings is 1. The first-order chi connectivity index (χ1) is 17.9. The standard InChI is InChI=1S/C27H31NO10/c1-13(36-14(2)29)18(31)10-16(12-21(32)33)25(34)37-19-6-7-27(35)20-11-15-4-5-17(30)23-22(15)26(27,24(19)38-23)8-9-28(20)3/h4-6,13,16,20,24,30,35H,7-12H2,1-3H3,(H,32,33)/t13-,16-,20+,24-,26-,27+/m0/s1. The lowest BCUT2D eigenvalue weighted by atomic mass is 9.50. The second-order valence-electron chi connectivity index (χ2n) is 10.7. The third kappa shape index (κ3) is 3.79. The maximum Gasteiger partial charge on any atom is 0.315 e. The zero-order valence-electron chi connectivity index (χ0n) is 21.4. The first-order valence-electron chi connectivity index (χ1n) is 12.7. The number of nitrogens with zero attached hydrogens (tertiary/aromatic N) is 1. The molecule has 0 amide bonds. The van der Waals surface area contributed by atoms with Gasteiger partial charge in [0.2, 0.25) is 0 Å². The quantitative estimate of drug-likeness (QED) is 0.415. The molecule has 0 saturated carbocycles. The summed E-state index contributed by atoms with van der Waals surface area (Å²) in [7, 11) is 1.95. The Kier molecular flexibility index (Phi) is 6.26. The Labute approximate surface area is 219 Å². The van der Waals surface area contributed by atoms with Crippen LogP contribution in [0.1, 0.15) is 50.7 Å². The number of Topliss-reactive ketones (excluding diaryl/α,β-unsaturated/α-hetero) is 1. The molecule has 2 heterocycles. The summed E-state index contributed by atoms with van der Waals surface area (Å²) >= 11 is 0. The Bertz CT molecular complexity index is 1260. The van der Waals surface area contributed by atoms with E-state index in [0.717, 1.165) is 18.1 Å². The van der Waals surface area contributed by atoms with Crippen molar-refractivity contribution in [1.29, 1.82) is 0 Å². The number of carboxylic acid groups (broad SMARTS) is 1. The van der Waals surface area contributed by atoms with Gasteiger partial charge in [0, 0.05) is 31.4 Å². The Balaban J connectivity index is 1.46. The van der Waals surface area contributed by atoms with E-state index < -0.39 is 65.7 Å². The summed E-state index contributed by atoms with van der Waals surface area (Å²) in [6.45, 7) is 3.14. The lowest BCUT2D eigenvalue weighted by Crippen LogP contribution is -2.74. The summed E-state index contributed by atoms with van der Waals surface area (Å²) in [5.74, 6) is -4.56. The maximum absolute atomic E-state index is 13.3. The number of ketones is 1. The normalized spacial score (nSPS) is 30.3. The molecule has 3 N–H and O–H groups in total. The minimum atomic E-state index is -1.33. The molecule has 1 spiro atoms. The van der Waals surface area contributed by atoms with E-state index in [4.69, 9.17) is 14.2 Å². The largest absolute Gasteiger partial charge is 0.504 e. The smallest absolute Gasteiger partial charge is 0.315 e. The predicted octanol–water partition coefficient (Wildman–Crippen LogP) is 1.21. The third-order valence-corrected chi connectivity index (χ3v) is 8.57. The lowest BCUT2D eigenvalue weighted by Gasteiger charge is -2.61. The van der Waals surface area contributed by atoms with E-state index in [0.29, 0.717) is 19.4 Å². The molecule has 0 aromatic heterocycles. The zero-order chi connectivity index (χ0) is 27.6. The fourth-order valence-electron chi connectivity index (χ4n) is 6.81. The number of likely N-dealkylation sites (N-methyl/N-ethyl adjacent to an activating group) is 1. The van der Waals surface area contributed by atoms with E-state index in [1.807, 2.05) is 13.1 Å². The summed E-state index contributed by atoms with van der Waals surface area (Å²) in [6, 6.07) is 3.16. The van der Waals surface area contributed by atoms with Gasteiger partial charge in [-0.1, -0.05) is 6.07 Å². The van der Waals surface area contributed by atoms with Crippen molar-refractivity contribution in [3.63, 3.8) is 0 Å². The van der Waals surface area contributed by atoms with E-state index in [9.17, 15) is 34.5 Å². The van der Waals surface area contributed by atoms with Crippen LogP contribution in [0.5, 0.6) is 11.5 Å². The highest BCUT2D eigenvalue weighted by Gasteiger charge is 2.72. The second-order valence-corrected chi connectivity index (χ2v) is 10.7. The number of esters is 2. The first-order valence-corrected chi connectivity index (χ1v) is 12.7. The van der Waals surface area contributed by atoms with Crippen molar-refractivity contribution < 1.29 is 48.7 Å². The Morgan fingerprint density at radius 2 is 1.97 bits per heavy atom. The van der Waals surface area contributed by atoms with Gasteiger partial charge in [-0.3, -0.25) is 19.2 Å². The zero-order valence-corrected chi connectivity index (χ0v) is 21.4. The minimum absolute atomic E-state index is 0.0771. The molecule has 6 atom stereocenters. The average molecular weight is 530 g/mol. The minimum Gasteiger partial charge on any atom is -0.504 e. The number of ether oxygens (including phenoxy) is 3. The third-order valence-electron chi connectivity index (χ3n) is 8.57. The number of rotatable bonds is 8.